The van der Waals surface area contributed by atoms with Crippen LogP contribution >= 0.6 is 11.6 Å². The highest BCUT2D eigenvalue weighted by Crippen LogP contribution is 2.32. The van der Waals surface area contributed by atoms with Crippen LogP contribution in [0.5, 0.6) is 11.5 Å². The van der Waals surface area contributed by atoms with Crippen LogP contribution in [0.2, 0.25) is 5.02 Å². The number of carbonyl (C=O) groups is 1. The lowest BCUT2D eigenvalue weighted by molar-refractivity contribution is 0.0593. The van der Waals surface area contributed by atoms with E-state index in [0.717, 1.165) is 0 Å². The van der Waals surface area contributed by atoms with E-state index in [4.69, 9.17) is 21.1 Å². The monoisotopic (exact) mass is 230 g/mol. The maximum atomic E-state index is 11.5. The van der Waals surface area contributed by atoms with E-state index in [0.29, 0.717) is 16.5 Å². The summed E-state index contributed by atoms with van der Waals surface area (Å²) >= 11 is 5.82. The molecular formula is C10H11ClO4. The fourth-order valence-corrected chi connectivity index (χ4v) is 1.38. The number of halogens is 1. The van der Waals surface area contributed by atoms with Crippen LogP contribution in [-0.4, -0.2) is 27.3 Å². The number of carbonyl (C=O) groups excluding carboxylic acids is 1. The Kier molecular flexibility index (Phi) is 3.80. The molecular weight excluding hydrogens is 220 g/mol. The minimum absolute atomic E-state index is 0.229. The Morgan fingerprint density at radius 3 is 1.93 bits per heavy atom. The van der Waals surface area contributed by atoms with Gasteiger partial charge in [-0.1, -0.05) is 11.6 Å². The highest BCUT2D eigenvalue weighted by atomic mass is 35.5. The third-order valence-corrected chi connectivity index (χ3v) is 2.08. The van der Waals surface area contributed by atoms with E-state index in [1.165, 1.54) is 33.5 Å². The molecule has 5 heteroatoms. The molecule has 0 fully saturated rings. The summed E-state index contributed by atoms with van der Waals surface area (Å²) in [6.45, 7) is 0. The van der Waals surface area contributed by atoms with Gasteiger partial charge in [-0.25, -0.2) is 4.79 Å². The molecule has 82 valence electrons. The number of ether oxygens (including phenoxy) is 3. The largest absolute Gasteiger partial charge is 0.496 e. The van der Waals surface area contributed by atoms with Gasteiger partial charge in [0.05, 0.1) is 21.3 Å². The van der Waals surface area contributed by atoms with E-state index in [1.807, 2.05) is 0 Å². The van der Waals surface area contributed by atoms with Gasteiger partial charge in [0, 0.05) is 5.02 Å². The molecule has 0 N–H and O–H groups in total. The van der Waals surface area contributed by atoms with E-state index in [2.05, 4.69) is 4.74 Å². The molecule has 0 atom stereocenters. The van der Waals surface area contributed by atoms with Crippen molar-refractivity contribution in [2.75, 3.05) is 21.3 Å². The van der Waals surface area contributed by atoms with Crippen molar-refractivity contribution in [3.05, 3.63) is 22.7 Å². The molecule has 0 aliphatic rings. The molecule has 0 spiro atoms. The number of hydrogen-bond acceptors (Lipinski definition) is 4. The summed E-state index contributed by atoms with van der Waals surface area (Å²) in [5, 5.41) is 0.427. The summed E-state index contributed by atoms with van der Waals surface area (Å²) in [5.74, 6) is 0.123. The van der Waals surface area contributed by atoms with Crippen molar-refractivity contribution in [1.29, 1.82) is 0 Å². The van der Waals surface area contributed by atoms with Crippen molar-refractivity contribution in [3.8, 4) is 11.5 Å². The predicted molar refractivity (Wildman–Crippen MR) is 55.9 cm³/mol. The summed E-state index contributed by atoms with van der Waals surface area (Å²) in [4.78, 5) is 11.5. The van der Waals surface area contributed by atoms with Crippen LogP contribution in [0.25, 0.3) is 0 Å². The molecule has 1 rings (SSSR count). The molecule has 1 aromatic rings. The fourth-order valence-electron chi connectivity index (χ4n) is 1.18. The lowest BCUT2D eigenvalue weighted by Gasteiger charge is -2.11. The summed E-state index contributed by atoms with van der Waals surface area (Å²) in [6, 6.07) is 3.05. The smallest absolute Gasteiger partial charge is 0.345 e. The zero-order valence-corrected chi connectivity index (χ0v) is 9.42. The van der Waals surface area contributed by atoms with Gasteiger partial charge in [-0.05, 0) is 12.1 Å². The molecule has 0 unspecified atom stereocenters. The number of rotatable bonds is 3. The summed E-state index contributed by atoms with van der Waals surface area (Å²) in [6.07, 6.45) is 0. The Hall–Kier alpha value is -1.42. The lowest BCUT2D eigenvalue weighted by Crippen LogP contribution is -2.06. The Bertz CT molecular complexity index is 351. The molecule has 0 heterocycles. The van der Waals surface area contributed by atoms with Gasteiger partial charge in [0.25, 0.3) is 0 Å². The first kappa shape index (κ1) is 11.7. The third-order valence-electron chi connectivity index (χ3n) is 1.86. The Balaban J connectivity index is 3.36. The number of esters is 1. The predicted octanol–water partition coefficient (Wildman–Crippen LogP) is 2.14. The molecule has 0 radical (unpaired) electrons. The zero-order valence-electron chi connectivity index (χ0n) is 8.67. The van der Waals surface area contributed by atoms with Crippen LogP contribution in [0, 0.1) is 0 Å². The first-order valence-electron chi connectivity index (χ1n) is 4.13. The van der Waals surface area contributed by atoms with Crippen LogP contribution < -0.4 is 9.47 Å². The summed E-state index contributed by atoms with van der Waals surface area (Å²) < 4.78 is 14.7. The van der Waals surface area contributed by atoms with Crippen molar-refractivity contribution in [1.82, 2.24) is 0 Å². The van der Waals surface area contributed by atoms with E-state index in [9.17, 15) is 4.79 Å². The topological polar surface area (TPSA) is 44.8 Å². The average molecular weight is 231 g/mol. The normalized spacial score (nSPS) is 9.60. The molecule has 0 aliphatic heterocycles. The van der Waals surface area contributed by atoms with Crippen LogP contribution in [-0.2, 0) is 4.74 Å². The molecule has 0 aliphatic carbocycles. The lowest BCUT2D eigenvalue weighted by atomic mass is 10.2. The molecule has 0 saturated heterocycles. The van der Waals surface area contributed by atoms with E-state index in [1.54, 1.807) is 0 Å². The first-order valence-corrected chi connectivity index (χ1v) is 4.51. The van der Waals surface area contributed by atoms with Crippen molar-refractivity contribution in [2.45, 2.75) is 0 Å². The fraction of sp³-hybridized carbons (Fsp3) is 0.300. The van der Waals surface area contributed by atoms with Gasteiger partial charge in [0.1, 0.15) is 17.1 Å². The third kappa shape index (κ3) is 2.33. The van der Waals surface area contributed by atoms with Gasteiger partial charge in [0.2, 0.25) is 0 Å². The molecule has 0 amide bonds. The van der Waals surface area contributed by atoms with Crippen molar-refractivity contribution < 1.29 is 19.0 Å². The van der Waals surface area contributed by atoms with Crippen molar-refractivity contribution in [2.24, 2.45) is 0 Å². The van der Waals surface area contributed by atoms with E-state index >= 15 is 0 Å². The highest BCUT2D eigenvalue weighted by molar-refractivity contribution is 6.31. The van der Waals surface area contributed by atoms with Crippen LogP contribution in [0.3, 0.4) is 0 Å². The molecule has 0 aromatic heterocycles. The minimum Gasteiger partial charge on any atom is -0.496 e. The second-order valence-corrected chi connectivity index (χ2v) is 3.11. The first-order chi connectivity index (χ1) is 7.13. The summed E-state index contributed by atoms with van der Waals surface area (Å²) in [7, 11) is 4.17. The van der Waals surface area contributed by atoms with Crippen LogP contribution in [0.15, 0.2) is 12.1 Å². The van der Waals surface area contributed by atoms with E-state index in [-0.39, 0.29) is 5.56 Å². The quantitative estimate of drug-likeness (QED) is 0.747. The van der Waals surface area contributed by atoms with Crippen molar-refractivity contribution >= 4 is 17.6 Å². The van der Waals surface area contributed by atoms with Gasteiger partial charge in [0.15, 0.2) is 0 Å². The second kappa shape index (κ2) is 4.89. The van der Waals surface area contributed by atoms with E-state index < -0.39 is 5.97 Å². The standard InChI is InChI=1S/C10H11ClO4/c1-13-7-4-6(11)5-8(14-2)9(7)10(12)15-3/h4-5H,1-3H3. The van der Waals surface area contributed by atoms with Gasteiger partial charge < -0.3 is 14.2 Å². The van der Waals surface area contributed by atoms with Crippen molar-refractivity contribution in [3.63, 3.8) is 0 Å². The summed E-state index contributed by atoms with van der Waals surface area (Å²) in [5.41, 5.74) is 0.229. The molecule has 15 heavy (non-hydrogen) atoms. The number of methoxy groups -OCH3 is 3. The van der Waals surface area contributed by atoms with Gasteiger partial charge >= 0.3 is 5.97 Å². The van der Waals surface area contributed by atoms with Gasteiger partial charge in [-0.2, -0.15) is 0 Å². The van der Waals surface area contributed by atoms with Crippen LogP contribution in [0.4, 0.5) is 0 Å². The van der Waals surface area contributed by atoms with Crippen LogP contribution in [0.1, 0.15) is 10.4 Å². The maximum Gasteiger partial charge on any atom is 0.345 e. The Labute approximate surface area is 92.7 Å². The van der Waals surface area contributed by atoms with Gasteiger partial charge in [-0.3, -0.25) is 0 Å². The number of hydrogen-bond donors (Lipinski definition) is 0. The van der Waals surface area contributed by atoms with Gasteiger partial charge in [-0.15, -0.1) is 0 Å². The average Bonchev–Trinajstić information content (AvgIpc) is 2.26. The second-order valence-electron chi connectivity index (χ2n) is 2.68. The molecule has 0 saturated carbocycles. The SMILES string of the molecule is COC(=O)c1c(OC)cc(Cl)cc1OC. The highest BCUT2D eigenvalue weighted by Gasteiger charge is 2.19. The Morgan fingerprint density at radius 1 is 1.13 bits per heavy atom. The zero-order chi connectivity index (χ0) is 11.4. The minimum atomic E-state index is -0.527. The Morgan fingerprint density at radius 2 is 1.60 bits per heavy atom. The maximum absolute atomic E-state index is 11.5. The molecule has 0 bridgehead atoms. The number of benzene rings is 1. The molecule has 4 nitrogen and oxygen atoms in total. The molecule has 1 aromatic carbocycles.